The highest BCUT2D eigenvalue weighted by Gasteiger charge is 2.34. The van der Waals surface area contributed by atoms with Crippen molar-refractivity contribution in [2.75, 3.05) is 0 Å². The Morgan fingerprint density at radius 1 is 0.816 bits per heavy atom. The second-order valence-electron chi connectivity index (χ2n) is 12.4. The number of carboxylic acids is 2. The standard InChI is InChI=1S/C29H50O2.C3H4O4/c1-20(2)12-9-13-21(3)14-10-15-22(4)16-11-18-29(8)19-17-26-25(7)27(30)23(5)24(6)28(26)31-29;4-2(5)1-3(6)7/h20-22,30H,9-19H2,1-8H3;1H2,(H,4,5)(H,6,7)/t21-,22-,29-;/m1./s1. The molecule has 1 heterocycles. The molecule has 0 aromatic heterocycles. The maximum Gasteiger partial charge on any atom is 0.314 e. The highest BCUT2D eigenvalue weighted by Crippen LogP contribution is 2.44. The van der Waals surface area contributed by atoms with E-state index in [2.05, 4.69) is 41.5 Å². The van der Waals surface area contributed by atoms with Crippen LogP contribution < -0.4 is 4.74 Å². The molecule has 0 fully saturated rings. The van der Waals surface area contributed by atoms with E-state index in [1.165, 1.54) is 56.9 Å². The molecule has 0 saturated carbocycles. The van der Waals surface area contributed by atoms with Gasteiger partial charge in [-0.05, 0) is 87.8 Å². The molecule has 0 amide bonds. The summed E-state index contributed by atoms with van der Waals surface area (Å²) >= 11 is 0. The summed E-state index contributed by atoms with van der Waals surface area (Å²) in [5.41, 5.74) is 4.23. The molecular weight excluding hydrogens is 480 g/mol. The summed E-state index contributed by atoms with van der Waals surface area (Å²) in [7, 11) is 0. The minimum absolute atomic E-state index is 0.0712. The molecule has 0 radical (unpaired) electrons. The average molecular weight is 535 g/mol. The third-order valence-electron chi connectivity index (χ3n) is 8.17. The van der Waals surface area contributed by atoms with Crippen LogP contribution in [0.1, 0.15) is 128 Å². The van der Waals surface area contributed by atoms with E-state index < -0.39 is 18.4 Å². The maximum absolute atomic E-state index is 10.4. The van der Waals surface area contributed by atoms with Crippen LogP contribution in [0.25, 0.3) is 0 Å². The fourth-order valence-electron chi connectivity index (χ4n) is 5.40. The number of hydrogen-bond acceptors (Lipinski definition) is 4. The zero-order chi connectivity index (χ0) is 29.0. The fourth-order valence-corrected chi connectivity index (χ4v) is 5.40. The van der Waals surface area contributed by atoms with Crippen LogP contribution >= 0.6 is 0 Å². The molecule has 0 saturated heterocycles. The summed E-state index contributed by atoms with van der Waals surface area (Å²) in [4.78, 5) is 18.9. The number of rotatable bonds is 14. The van der Waals surface area contributed by atoms with Crippen molar-refractivity contribution in [1.29, 1.82) is 0 Å². The molecule has 1 aromatic carbocycles. The molecule has 0 unspecified atom stereocenters. The molecule has 2 rings (SSSR count). The van der Waals surface area contributed by atoms with Gasteiger partial charge in [0.05, 0.1) is 0 Å². The molecule has 1 aromatic rings. The molecule has 0 bridgehead atoms. The van der Waals surface area contributed by atoms with E-state index in [9.17, 15) is 14.7 Å². The zero-order valence-electron chi connectivity index (χ0n) is 25.3. The van der Waals surface area contributed by atoms with Gasteiger partial charge in [-0.25, -0.2) is 0 Å². The van der Waals surface area contributed by atoms with E-state index in [4.69, 9.17) is 14.9 Å². The van der Waals surface area contributed by atoms with Crippen LogP contribution in [-0.4, -0.2) is 32.9 Å². The van der Waals surface area contributed by atoms with Crippen LogP contribution in [0, 0.1) is 38.5 Å². The molecule has 3 atom stereocenters. The van der Waals surface area contributed by atoms with E-state index >= 15 is 0 Å². The Hall–Kier alpha value is -2.24. The Labute approximate surface area is 231 Å². The van der Waals surface area contributed by atoms with Crippen molar-refractivity contribution in [3.63, 3.8) is 0 Å². The largest absolute Gasteiger partial charge is 0.507 e. The Kier molecular flexibility index (Phi) is 14.2. The number of carboxylic acid groups (broad SMARTS) is 2. The van der Waals surface area contributed by atoms with Crippen LogP contribution in [0.3, 0.4) is 0 Å². The zero-order valence-corrected chi connectivity index (χ0v) is 25.3. The maximum atomic E-state index is 10.4. The van der Waals surface area contributed by atoms with E-state index in [1.807, 2.05) is 13.8 Å². The second-order valence-corrected chi connectivity index (χ2v) is 12.4. The average Bonchev–Trinajstić information content (AvgIpc) is 2.80. The summed E-state index contributed by atoms with van der Waals surface area (Å²) in [6.45, 7) is 17.9. The SMILES string of the molecule is Cc1c(C)c2c(c(C)c1O)CC[C@@](C)(CCC[C@H](C)CCC[C@H](C)CCCC(C)C)O2.O=C(O)CC(=O)O. The smallest absolute Gasteiger partial charge is 0.314 e. The van der Waals surface area contributed by atoms with Gasteiger partial charge in [-0.1, -0.05) is 72.6 Å². The number of carbonyl (C=O) groups is 2. The fraction of sp³-hybridized carbons (Fsp3) is 0.750. The van der Waals surface area contributed by atoms with Crippen LogP contribution in [-0.2, 0) is 16.0 Å². The number of fused-ring (bicyclic) bond motifs is 1. The van der Waals surface area contributed by atoms with Gasteiger partial charge >= 0.3 is 11.9 Å². The van der Waals surface area contributed by atoms with Crippen molar-refractivity contribution in [2.45, 2.75) is 138 Å². The summed E-state index contributed by atoms with van der Waals surface area (Å²) in [6, 6.07) is 0. The van der Waals surface area contributed by atoms with E-state index in [0.717, 1.165) is 59.5 Å². The first-order chi connectivity index (χ1) is 17.7. The van der Waals surface area contributed by atoms with Gasteiger partial charge < -0.3 is 20.1 Å². The van der Waals surface area contributed by atoms with Gasteiger partial charge in [0.2, 0.25) is 0 Å². The molecule has 0 aliphatic carbocycles. The topological polar surface area (TPSA) is 104 Å². The number of phenolic OH excluding ortho intramolecular Hbond substituents is 1. The van der Waals surface area contributed by atoms with E-state index in [1.54, 1.807) is 0 Å². The third kappa shape index (κ3) is 11.7. The quantitative estimate of drug-likeness (QED) is 0.207. The van der Waals surface area contributed by atoms with Gasteiger partial charge in [0.1, 0.15) is 23.5 Å². The molecule has 0 spiro atoms. The highest BCUT2D eigenvalue weighted by atomic mass is 16.5. The number of phenols is 1. The van der Waals surface area contributed by atoms with Crippen molar-refractivity contribution < 1.29 is 29.6 Å². The molecular formula is C32H54O6. The van der Waals surface area contributed by atoms with Gasteiger partial charge in [0.15, 0.2) is 0 Å². The molecule has 1 aliphatic heterocycles. The summed E-state index contributed by atoms with van der Waals surface area (Å²) in [5.74, 6) is 1.41. The highest BCUT2D eigenvalue weighted by molar-refractivity contribution is 5.88. The summed E-state index contributed by atoms with van der Waals surface area (Å²) in [6.07, 6.45) is 13.2. The monoisotopic (exact) mass is 534 g/mol. The number of hydrogen-bond donors (Lipinski definition) is 3. The van der Waals surface area contributed by atoms with Gasteiger partial charge in [0.25, 0.3) is 0 Å². The third-order valence-corrected chi connectivity index (χ3v) is 8.17. The number of benzene rings is 1. The van der Waals surface area contributed by atoms with Crippen LogP contribution in [0.2, 0.25) is 0 Å². The Balaban J connectivity index is 0.000000905. The minimum Gasteiger partial charge on any atom is -0.507 e. The normalized spacial score (nSPS) is 18.1. The predicted octanol–water partition coefficient (Wildman–Crippen LogP) is 8.39. The lowest BCUT2D eigenvalue weighted by atomic mass is 9.84. The van der Waals surface area contributed by atoms with Gasteiger partial charge in [-0.15, -0.1) is 0 Å². The van der Waals surface area contributed by atoms with Crippen molar-refractivity contribution >= 4 is 11.9 Å². The number of aliphatic carboxylic acids is 2. The summed E-state index contributed by atoms with van der Waals surface area (Å²) < 4.78 is 6.60. The lowest BCUT2D eigenvalue weighted by molar-refractivity contribution is -0.147. The van der Waals surface area contributed by atoms with Crippen LogP contribution in [0.5, 0.6) is 11.5 Å². The van der Waals surface area contributed by atoms with Crippen LogP contribution in [0.4, 0.5) is 0 Å². The molecule has 38 heavy (non-hydrogen) atoms. The van der Waals surface area contributed by atoms with Crippen molar-refractivity contribution in [1.82, 2.24) is 0 Å². The first-order valence-corrected chi connectivity index (χ1v) is 14.6. The lowest BCUT2D eigenvalue weighted by Crippen LogP contribution is -2.37. The lowest BCUT2D eigenvalue weighted by Gasteiger charge is -2.38. The molecule has 6 heteroatoms. The van der Waals surface area contributed by atoms with Crippen molar-refractivity contribution in [3.8, 4) is 11.5 Å². The van der Waals surface area contributed by atoms with Gasteiger partial charge in [-0.3, -0.25) is 9.59 Å². The van der Waals surface area contributed by atoms with E-state index in [-0.39, 0.29) is 5.60 Å². The van der Waals surface area contributed by atoms with Gasteiger partial charge in [0, 0.05) is 5.56 Å². The van der Waals surface area contributed by atoms with Crippen molar-refractivity contribution in [2.24, 2.45) is 17.8 Å². The molecule has 3 N–H and O–H groups in total. The minimum atomic E-state index is -1.31. The molecule has 218 valence electrons. The Morgan fingerprint density at radius 2 is 1.32 bits per heavy atom. The van der Waals surface area contributed by atoms with E-state index in [0.29, 0.717) is 5.75 Å². The second kappa shape index (κ2) is 16.0. The Morgan fingerprint density at radius 3 is 1.79 bits per heavy atom. The first kappa shape index (κ1) is 33.8. The number of ether oxygens (including phenoxy) is 1. The van der Waals surface area contributed by atoms with Crippen molar-refractivity contribution in [3.05, 3.63) is 22.3 Å². The molecule has 6 nitrogen and oxygen atoms in total. The Bertz CT molecular complexity index is 894. The first-order valence-electron chi connectivity index (χ1n) is 14.6. The summed E-state index contributed by atoms with van der Waals surface area (Å²) in [5, 5.41) is 25.8. The number of aromatic hydroxyl groups is 1. The van der Waals surface area contributed by atoms with Crippen LogP contribution in [0.15, 0.2) is 0 Å². The molecule has 1 aliphatic rings. The van der Waals surface area contributed by atoms with Gasteiger partial charge in [-0.2, -0.15) is 0 Å². The predicted molar refractivity (Wildman–Crippen MR) is 154 cm³/mol.